The van der Waals surface area contributed by atoms with Gasteiger partial charge in [0, 0.05) is 12.1 Å². The molecular formula is C18H18F2N2O3. The zero-order valence-corrected chi connectivity index (χ0v) is 13.5. The van der Waals surface area contributed by atoms with E-state index in [2.05, 4.69) is 15.4 Å². The molecule has 0 saturated carbocycles. The summed E-state index contributed by atoms with van der Waals surface area (Å²) >= 11 is 0. The fourth-order valence-electron chi connectivity index (χ4n) is 2.07. The Balaban J connectivity index is 1.82. The van der Waals surface area contributed by atoms with E-state index in [1.54, 1.807) is 49.4 Å². The van der Waals surface area contributed by atoms with Crippen molar-refractivity contribution < 1.29 is 23.1 Å². The monoisotopic (exact) mass is 348 g/mol. The van der Waals surface area contributed by atoms with Crippen LogP contribution in [-0.2, 0) is 11.3 Å². The van der Waals surface area contributed by atoms with Crippen molar-refractivity contribution in [3.8, 4) is 5.75 Å². The lowest BCUT2D eigenvalue weighted by Crippen LogP contribution is -2.44. The molecule has 2 rings (SSSR count). The first-order valence-electron chi connectivity index (χ1n) is 7.63. The van der Waals surface area contributed by atoms with Crippen molar-refractivity contribution in [2.24, 2.45) is 0 Å². The number of alkyl halides is 2. The Kier molecular flexibility index (Phi) is 6.45. The van der Waals surface area contributed by atoms with Crippen LogP contribution in [0.25, 0.3) is 0 Å². The van der Waals surface area contributed by atoms with Gasteiger partial charge < -0.3 is 15.4 Å². The molecule has 2 N–H and O–H groups in total. The van der Waals surface area contributed by atoms with E-state index < -0.39 is 12.7 Å². The summed E-state index contributed by atoms with van der Waals surface area (Å²) < 4.78 is 28.4. The van der Waals surface area contributed by atoms with Crippen LogP contribution in [0.2, 0.25) is 0 Å². The van der Waals surface area contributed by atoms with E-state index in [1.165, 1.54) is 12.1 Å². The second kappa shape index (κ2) is 8.77. The van der Waals surface area contributed by atoms with Gasteiger partial charge in [-0.15, -0.1) is 0 Å². The molecule has 1 unspecified atom stereocenters. The quantitative estimate of drug-likeness (QED) is 0.808. The molecule has 0 bridgehead atoms. The molecular weight excluding hydrogens is 330 g/mol. The first kappa shape index (κ1) is 18.4. The van der Waals surface area contributed by atoms with Gasteiger partial charge in [0.25, 0.3) is 5.91 Å². The molecule has 2 aromatic rings. The van der Waals surface area contributed by atoms with E-state index >= 15 is 0 Å². The van der Waals surface area contributed by atoms with Gasteiger partial charge in [-0.2, -0.15) is 8.78 Å². The second-order valence-corrected chi connectivity index (χ2v) is 5.30. The number of rotatable bonds is 7. The molecule has 0 aliphatic heterocycles. The van der Waals surface area contributed by atoms with Gasteiger partial charge in [0.2, 0.25) is 5.91 Å². The van der Waals surface area contributed by atoms with Gasteiger partial charge in [0.05, 0.1) is 0 Å². The zero-order chi connectivity index (χ0) is 18.2. The third-order valence-corrected chi connectivity index (χ3v) is 3.39. The van der Waals surface area contributed by atoms with Crippen molar-refractivity contribution in [2.45, 2.75) is 26.1 Å². The van der Waals surface area contributed by atoms with Crippen molar-refractivity contribution in [1.29, 1.82) is 0 Å². The largest absolute Gasteiger partial charge is 0.435 e. The zero-order valence-electron chi connectivity index (χ0n) is 13.5. The fraction of sp³-hybridized carbons (Fsp3) is 0.222. The molecule has 0 spiro atoms. The number of hydrogen-bond acceptors (Lipinski definition) is 3. The number of hydrogen-bond donors (Lipinski definition) is 2. The minimum Gasteiger partial charge on any atom is -0.435 e. The number of benzene rings is 2. The van der Waals surface area contributed by atoms with Gasteiger partial charge in [-0.25, -0.2) is 0 Å². The van der Waals surface area contributed by atoms with Gasteiger partial charge in [-0.05, 0) is 36.8 Å². The molecule has 0 aliphatic rings. The Morgan fingerprint density at radius 1 is 1.04 bits per heavy atom. The number of amides is 2. The van der Waals surface area contributed by atoms with E-state index in [9.17, 15) is 18.4 Å². The number of carbonyl (C=O) groups is 2. The third-order valence-electron chi connectivity index (χ3n) is 3.39. The van der Waals surface area contributed by atoms with Crippen molar-refractivity contribution in [1.82, 2.24) is 10.6 Å². The Bertz CT molecular complexity index is 706. The van der Waals surface area contributed by atoms with Gasteiger partial charge in [-0.1, -0.05) is 30.3 Å². The minimum absolute atomic E-state index is 0.0496. The summed E-state index contributed by atoms with van der Waals surface area (Å²) in [5.41, 5.74) is 1.19. The van der Waals surface area contributed by atoms with E-state index in [-0.39, 0.29) is 24.1 Å². The number of carbonyl (C=O) groups excluding carboxylic acids is 2. The van der Waals surface area contributed by atoms with E-state index in [0.29, 0.717) is 5.56 Å². The molecule has 2 amide bonds. The summed E-state index contributed by atoms with van der Waals surface area (Å²) in [5, 5.41) is 5.28. The standard InChI is InChI=1S/C18H18F2N2O3/c1-12(22-17(24)14-5-3-2-4-6-14)16(23)21-11-13-7-9-15(10-8-13)25-18(19)20/h2-10,12,18H,11H2,1H3,(H,21,23)(H,22,24). The Hall–Kier alpha value is -2.96. The highest BCUT2D eigenvalue weighted by atomic mass is 19.3. The lowest BCUT2D eigenvalue weighted by atomic mass is 10.2. The summed E-state index contributed by atoms with van der Waals surface area (Å²) in [6.07, 6.45) is 0. The molecule has 5 nitrogen and oxygen atoms in total. The lowest BCUT2D eigenvalue weighted by molar-refractivity contribution is -0.122. The van der Waals surface area contributed by atoms with Crippen LogP contribution in [0.1, 0.15) is 22.8 Å². The molecule has 25 heavy (non-hydrogen) atoms. The maximum Gasteiger partial charge on any atom is 0.387 e. The number of nitrogens with one attached hydrogen (secondary N) is 2. The highest BCUT2D eigenvalue weighted by molar-refractivity contribution is 5.97. The van der Waals surface area contributed by atoms with Crippen molar-refractivity contribution in [3.05, 3.63) is 65.7 Å². The van der Waals surface area contributed by atoms with Crippen LogP contribution in [0.15, 0.2) is 54.6 Å². The number of halogens is 2. The number of ether oxygens (including phenoxy) is 1. The molecule has 0 saturated heterocycles. The Labute approximate surface area is 144 Å². The maximum atomic E-state index is 12.1. The molecule has 1 atom stereocenters. The predicted molar refractivity (Wildman–Crippen MR) is 88.3 cm³/mol. The van der Waals surface area contributed by atoms with Crippen LogP contribution in [0.5, 0.6) is 5.75 Å². The smallest absolute Gasteiger partial charge is 0.387 e. The van der Waals surface area contributed by atoms with E-state index in [0.717, 1.165) is 5.56 Å². The van der Waals surface area contributed by atoms with Crippen LogP contribution in [-0.4, -0.2) is 24.5 Å². The molecule has 132 valence electrons. The highest BCUT2D eigenvalue weighted by Gasteiger charge is 2.16. The molecule has 0 aliphatic carbocycles. The topological polar surface area (TPSA) is 67.4 Å². The highest BCUT2D eigenvalue weighted by Crippen LogP contribution is 2.14. The van der Waals surface area contributed by atoms with Crippen molar-refractivity contribution >= 4 is 11.8 Å². The fourth-order valence-corrected chi connectivity index (χ4v) is 2.07. The van der Waals surface area contributed by atoms with Gasteiger partial charge in [0.1, 0.15) is 11.8 Å². The van der Waals surface area contributed by atoms with Gasteiger partial charge >= 0.3 is 6.61 Å². The summed E-state index contributed by atoms with van der Waals surface area (Å²) in [5.74, 6) is -0.637. The molecule has 0 heterocycles. The van der Waals surface area contributed by atoms with Crippen LogP contribution >= 0.6 is 0 Å². The average Bonchev–Trinajstić information content (AvgIpc) is 2.61. The lowest BCUT2D eigenvalue weighted by Gasteiger charge is -2.14. The van der Waals surface area contributed by atoms with E-state index in [1.807, 2.05) is 0 Å². The summed E-state index contributed by atoms with van der Waals surface area (Å²) in [7, 11) is 0. The first-order valence-corrected chi connectivity index (χ1v) is 7.63. The van der Waals surface area contributed by atoms with Crippen molar-refractivity contribution in [3.63, 3.8) is 0 Å². The first-order chi connectivity index (χ1) is 12.0. The van der Waals surface area contributed by atoms with Crippen LogP contribution in [0.4, 0.5) is 8.78 Å². The molecule has 2 aromatic carbocycles. The molecule has 0 radical (unpaired) electrons. The summed E-state index contributed by atoms with van der Waals surface area (Å²) in [6.45, 7) is -1.09. The second-order valence-electron chi connectivity index (χ2n) is 5.30. The SMILES string of the molecule is CC(NC(=O)c1ccccc1)C(=O)NCc1ccc(OC(F)F)cc1. The van der Waals surface area contributed by atoms with Gasteiger partial charge in [0.15, 0.2) is 0 Å². The maximum absolute atomic E-state index is 12.1. The van der Waals surface area contributed by atoms with E-state index in [4.69, 9.17) is 0 Å². The van der Waals surface area contributed by atoms with Crippen molar-refractivity contribution in [2.75, 3.05) is 0 Å². The minimum atomic E-state index is -2.88. The average molecular weight is 348 g/mol. The predicted octanol–water partition coefficient (Wildman–Crippen LogP) is 2.72. The van der Waals surface area contributed by atoms with Gasteiger partial charge in [-0.3, -0.25) is 9.59 Å². The van der Waals surface area contributed by atoms with Crippen LogP contribution in [0.3, 0.4) is 0 Å². The van der Waals surface area contributed by atoms with Crippen LogP contribution in [0, 0.1) is 0 Å². The third kappa shape index (κ3) is 5.87. The Morgan fingerprint density at radius 3 is 2.28 bits per heavy atom. The Morgan fingerprint density at radius 2 is 1.68 bits per heavy atom. The molecule has 0 aromatic heterocycles. The van der Waals surface area contributed by atoms with Crippen LogP contribution < -0.4 is 15.4 Å². The normalized spacial score (nSPS) is 11.7. The summed E-state index contributed by atoms with van der Waals surface area (Å²) in [4.78, 5) is 24.0. The summed E-state index contributed by atoms with van der Waals surface area (Å²) in [6, 6.07) is 13.8. The molecule has 0 fully saturated rings. The molecule has 7 heteroatoms.